The van der Waals surface area contributed by atoms with Crippen molar-refractivity contribution in [2.24, 2.45) is 0 Å². The third kappa shape index (κ3) is 3.99. The van der Waals surface area contributed by atoms with Gasteiger partial charge in [0.1, 0.15) is 0 Å². The maximum absolute atomic E-state index is 12.4. The summed E-state index contributed by atoms with van der Waals surface area (Å²) in [5.74, 6) is 0.866. The van der Waals surface area contributed by atoms with Crippen LogP contribution in [0.1, 0.15) is 49.4 Å². The van der Waals surface area contributed by atoms with E-state index in [1.165, 1.54) is 19.3 Å². The molecule has 1 fully saturated rings. The average molecular weight is 317 g/mol. The summed E-state index contributed by atoms with van der Waals surface area (Å²) < 4.78 is 0. The molecule has 1 saturated heterocycles. The first-order valence-corrected chi connectivity index (χ1v) is 8.68. The smallest absolute Gasteiger partial charge is 0.234 e. The van der Waals surface area contributed by atoms with Crippen LogP contribution in [0.4, 0.5) is 5.95 Å². The average Bonchev–Trinajstić information content (AvgIpc) is 2.55. The van der Waals surface area contributed by atoms with Crippen LogP contribution < -0.4 is 10.2 Å². The van der Waals surface area contributed by atoms with Crippen molar-refractivity contribution in [3.63, 3.8) is 0 Å². The van der Waals surface area contributed by atoms with E-state index in [9.17, 15) is 4.79 Å². The van der Waals surface area contributed by atoms with Crippen molar-refractivity contribution in [3.05, 3.63) is 17.5 Å². The zero-order valence-electron chi connectivity index (χ0n) is 14.2. The minimum Gasteiger partial charge on any atom is -0.348 e. The molecule has 6 nitrogen and oxygen atoms in total. The van der Waals surface area contributed by atoms with Crippen molar-refractivity contribution in [3.8, 4) is 0 Å². The molecule has 0 radical (unpaired) electrons. The van der Waals surface area contributed by atoms with E-state index in [4.69, 9.17) is 0 Å². The second-order valence-corrected chi connectivity index (χ2v) is 6.82. The van der Waals surface area contributed by atoms with Gasteiger partial charge < -0.3 is 10.2 Å². The first kappa shape index (κ1) is 16.2. The van der Waals surface area contributed by atoms with E-state index in [1.807, 2.05) is 25.2 Å². The molecule has 3 rings (SSSR count). The maximum Gasteiger partial charge on any atom is 0.234 e. The van der Waals surface area contributed by atoms with E-state index in [1.54, 1.807) is 0 Å². The Kier molecular flexibility index (Phi) is 5.10. The lowest BCUT2D eigenvalue weighted by Crippen LogP contribution is -2.41. The predicted molar refractivity (Wildman–Crippen MR) is 90.5 cm³/mol. The second kappa shape index (κ2) is 7.25. The van der Waals surface area contributed by atoms with Gasteiger partial charge >= 0.3 is 0 Å². The number of nitrogens with one attached hydrogen (secondary N) is 1. The van der Waals surface area contributed by atoms with Gasteiger partial charge in [-0.3, -0.25) is 9.69 Å². The standard InChI is InChI=1S/C17H27N5O/c1-21(2)17-18-11-13-14(7-6-8-15(13)20-17)19-16(23)12-22-9-4-3-5-10-22/h11,14H,3-10,12H2,1-2H3,(H,19,23). The number of hydrogen-bond donors (Lipinski definition) is 1. The highest BCUT2D eigenvalue weighted by molar-refractivity contribution is 5.78. The zero-order valence-corrected chi connectivity index (χ0v) is 14.2. The summed E-state index contributed by atoms with van der Waals surface area (Å²) >= 11 is 0. The summed E-state index contributed by atoms with van der Waals surface area (Å²) in [6.07, 6.45) is 8.61. The fourth-order valence-corrected chi connectivity index (χ4v) is 3.46. The number of amides is 1. The molecule has 1 atom stereocenters. The van der Waals surface area contributed by atoms with E-state index in [-0.39, 0.29) is 11.9 Å². The Hall–Kier alpha value is -1.69. The highest BCUT2D eigenvalue weighted by Crippen LogP contribution is 2.28. The predicted octanol–water partition coefficient (Wildman–Crippen LogP) is 1.52. The number of hydrogen-bond acceptors (Lipinski definition) is 5. The quantitative estimate of drug-likeness (QED) is 0.912. The number of fused-ring (bicyclic) bond motifs is 1. The molecule has 1 unspecified atom stereocenters. The van der Waals surface area contributed by atoms with Gasteiger partial charge in [-0.1, -0.05) is 6.42 Å². The number of aromatic nitrogens is 2. The van der Waals surface area contributed by atoms with Gasteiger partial charge in [-0.25, -0.2) is 9.97 Å². The highest BCUT2D eigenvalue weighted by Gasteiger charge is 2.25. The Morgan fingerprint density at radius 3 is 2.83 bits per heavy atom. The van der Waals surface area contributed by atoms with E-state index in [2.05, 4.69) is 20.2 Å². The lowest BCUT2D eigenvalue weighted by atomic mass is 9.92. The first-order valence-electron chi connectivity index (χ1n) is 8.68. The second-order valence-electron chi connectivity index (χ2n) is 6.82. The van der Waals surface area contributed by atoms with Crippen LogP contribution in [0.5, 0.6) is 0 Å². The number of rotatable bonds is 4. The first-order chi connectivity index (χ1) is 11.1. The van der Waals surface area contributed by atoms with Crippen molar-refractivity contribution >= 4 is 11.9 Å². The lowest BCUT2D eigenvalue weighted by molar-refractivity contribution is -0.123. The Labute approximate surface area is 138 Å². The molecular formula is C17H27N5O. The van der Waals surface area contributed by atoms with Crippen molar-refractivity contribution in [2.45, 2.75) is 44.6 Å². The third-order valence-electron chi connectivity index (χ3n) is 4.72. The van der Waals surface area contributed by atoms with Crippen LogP contribution in [0.3, 0.4) is 0 Å². The van der Waals surface area contributed by atoms with E-state index in [0.717, 1.165) is 49.6 Å². The Morgan fingerprint density at radius 2 is 2.09 bits per heavy atom. The number of carbonyl (C=O) groups excluding carboxylic acids is 1. The normalized spacial score (nSPS) is 21.6. The molecule has 1 N–H and O–H groups in total. The van der Waals surface area contributed by atoms with Gasteiger partial charge in [0, 0.05) is 25.9 Å². The summed E-state index contributed by atoms with van der Waals surface area (Å²) in [4.78, 5) is 25.6. The molecule has 126 valence electrons. The summed E-state index contributed by atoms with van der Waals surface area (Å²) in [6, 6.07) is 0.0623. The van der Waals surface area contributed by atoms with Crippen LogP contribution >= 0.6 is 0 Å². The topological polar surface area (TPSA) is 61.4 Å². The Balaban J connectivity index is 1.64. The van der Waals surface area contributed by atoms with E-state index < -0.39 is 0 Å². The minimum atomic E-state index is 0.0623. The number of nitrogens with zero attached hydrogens (tertiary/aromatic N) is 4. The Bertz CT molecular complexity index is 554. The van der Waals surface area contributed by atoms with Crippen LogP contribution in [0.2, 0.25) is 0 Å². The van der Waals surface area contributed by atoms with Crippen molar-refractivity contribution in [2.75, 3.05) is 38.6 Å². The fourth-order valence-electron chi connectivity index (χ4n) is 3.46. The third-order valence-corrected chi connectivity index (χ3v) is 4.72. The largest absolute Gasteiger partial charge is 0.348 e. The van der Waals surface area contributed by atoms with Gasteiger partial charge in [-0.15, -0.1) is 0 Å². The van der Waals surface area contributed by atoms with Gasteiger partial charge in [0.05, 0.1) is 18.3 Å². The van der Waals surface area contributed by atoms with Crippen molar-refractivity contribution < 1.29 is 4.79 Å². The minimum absolute atomic E-state index is 0.0623. The molecule has 0 saturated carbocycles. The molecule has 1 aromatic heterocycles. The van der Waals surface area contributed by atoms with Crippen molar-refractivity contribution in [1.82, 2.24) is 20.2 Å². The van der Waals surface area contributed by atoms with Gasteiger partial charge in [-0.2, -0.15) is 0 Å². The number of carbonyl (C=O) groups is 1. The molecule has 1 aliphatic carbocycles. The van der Waals surface area contributed by atoms with Crippen molar-refractivity contribution in [1.29, 1.82) is 0 Å². The zero-order chi connectivity index (χ0) is 16.2. The summed E-state index contributed by atoms with van der Waals surface area (Å²) in [6.45, 7) is 2.61. The molecule has 0 bridgehead atoms. The highest BCUT2D eigenvalue weighted by atomic mass is 16.2. The van der Waals surface area contributed by atoms with Gasteiger partial charge in [0.25, 0.3) is 0 Å². The lowest BCUT2D eigenvalue weighted by Gasteiger charge is -2.29. The molecule has 1 amide bonds. The van der Waals surface area contributed by atoms with Gasteiger partial charge in [0.15, 0.2) is 0 Å². The van der Waals surface area contributed by atoms with Gasteiger partial charge in [-0.05, 0) is 45.2 Å². The molecule has 2 heterocycles. The monoisotopic (exact) mass is 317 g/mol. The van der Waals surface area contributed by atoms with E-state index >= 15 is 0 Å². The van der Waals surface area contributed by atoms with E-state index in [0.29, 0.717) is 6.54 Å². The molecule has 0 aromatic carbocycles. The summed E-state index contributed by atoms with van der Waals surface area (Å²) in [5, 5.41) is 3.20. The molecule has 0 spiro atoms. The molecule has 23 heavy (non-hydrogen) atoms. The number of anilines is 1. The summed E-state index contributed by atoms with van der Waals surface area (Å²) in [7, 11) is 3.89. The van der Waals surface area contributed by atoms with Crippen LogP contribution in [0, 0.1) is 0 Å². The molecule has 1 aromatic rings. The molecule has 6 heteroatoms. The maximum atomic E-state index is 12.4. The molecule has 1 aliphatic heterocycles. The van der Waals surface area contributed by atoms with Crippen LogP contribution in [-0.2, 0) is 11.2 Å². The SMILES string of the molecule is CN(C)c1ncc2c(n1)CCCC2NC(=O)CN1CCCCC1. The number of aryl methyl sites for hydroxylation is 1. The Morgan fingerprint density at radius 1 is 1.30 bits per heavy atom. The number of likely N-dealkylation sites (tertiary alicyclic amines) is 1. The van der Waals surface area contributed by atoms with Crippen LogP contribution in [0.25, 0.3) is 0 Å². The fraction of sp³-hybridized carbons (Fsp3) is 0.706. The molecular weight excluding hydrogens is 290 g/mol. The number of piperidine rings is 1. The van der Waals surface area contributed by atoms with Crippen LogP contribution in [-0.4, -0.2) is 54.5 Å². The molecule has 2 aliphatic rings. The summed E-state index contributed by atoms with van der Waals surface area (Å²) in [5.41, 5.74) is 2.17. The van der Waals surface area contributed by atoms with Gasteiger partial charge in [0.2, 0.25) is 11.9 Å². The van der Waals surface area contributed by atoms with Crippen LogP contribution in [0.15, 0.2) is 6.20 Å².